The Kier molecular flexibility index (Phi) is 5.00. The molecule has 0 aromatic rings. The largest absolute Gasteiger partial charge is 0.339 e. The van der Waals surface area contributed by atoms with E-state index in [4.69, 9.17) is 9.47 Å². The van der Waals surface area contributed by atoms with Crippen molar-refractivity contribution in [3.63, 3.8) is 0 Å². The summed E-state index contributed by atoms with van der Waals surface area (Å²) in [5.74, 6) is 6.12. The van der Waals surface area contributed by atoms with Crippen molar-refractivity contribution in [1.29, 1.82) is 0 Å². The molecule has 1 aliphatic rings. The Hall–Kier alpha value is -0.520. The molecule has 2 heteroatoms. The Morgan fingerprint density at radius 3 is 2.43 bits per heavy atom. The molecule has 0 bridgehead atoms. The summed E-state index contributed by atoms with van der Waals surface area (Å²) in [6, 6.07) is 0. The van der Waals surface area contributed by atoms with E-state index in [0.29, 0.717) is 0 Å². The van der Waals surface area contributed by atoms with Gasteiger partial charge in [-0.2, -0.15) is 0 Å². The maximum atomic E-state index is 5.54. The third kappa shape index (κ3) is 4.13. The Labute approximate surface area is 87.0 Å². The molecule has 1 saturated heterocycles. The molecule has 0 spiro atoms. The lowest BCUT2D eigenvalue weighted by Gasteiger charge is -2.29. The van der Waals surface area contributed by atoms with E-state index in [1.165, 1.54) is 6.42 Å². The molecule has 0 unspecified atom stereocenters. The van der Waals surface area contributed by atoms with Gasteiger partial charge in [0.25, 0.3) is 0 Å². The van der Waals surface area contributed by atoms with Gasteiger partial charge in [0.2, 0.25) is 6.29 Å². The van der Waals surface area contributed by atoms with E-state index in [2.05, 4.69) is 32.6 Å². The van der Waals surface area contributed by atoms with Crippen LogP contribution in [0, 0.1) is 11.8 Å². The Bertz CT molecular complexity index is 204. The molecule has 0 aromatic heterocycles. The maximum absolute atomic E-state index is 5.54. The molecule has 0 amide bonds. The molecular formula is C12H20O2. The van der Waals surface area contributed by atoms with Crippen LogP contribution in [-0.2, 0) is 9.47 Å². The van der Waals surface area contributed by atoms with Crippen molar-refractivity contribution in [2.45, 2.75) is 65.0 Å². The van der Waals surface area contributed by atoms with Gasteiger partial charge in [-0.3, -0.25) is 0 Å². The third-order valence-corrected chi connectivity index (χ3v) is 2.25. The van der Waals surface area contributed by atoms with Crippen molar-refractivity contribution in [2.24, 2.45) is 0 Å². The molecule has 2 nitrogen and oxygen atoms in total. The standard InChI is InChI=1S/C12H20O2/c1-4-5-6-7-8-12-13-10(2)9-11(3)14-12/h10-12H,4-6,9H2,1-3H3/t10-,11-/m1/s1. The zero-order chi connectivity index (χ0) is 10.4. The van der Waals surface area contributed by atoms with Crippen LogP contribution in [0.1, 0.15) is 46.5 Å². The van der Waals surface area contributed by atoms with Crippen LogP contribution in [0.15, 0.2) is 0 Å². The number of hydrogen-bond donors (Lipinski definition) is 0. The van der Waals surface area contributed by atoms with Crippen molar-refractivity contribution >= 4 is 0 Å². The molecule has 1 heterocycles. The third-order valence-electron chi connectivity index (χ3n) is 2.25. The molecule has 14 heavy (non-hydrogen) atoms. The van der Waals surface area contributed by atoms with E-state index in [1.807, 2.05) is 0 Å². The van der Waals surface area contributed by atoms with Gasteiger partial charge in [-0.15, -0.1) is 0 Å². The average molecular weight is 196 g/mol. The van der Waals surface area contributed by atoms with Gasteiger partial charge in [0.15, 0.2) is 0 Å². The normalized spacial score (nSPS) is 32.1. The molecule has 1 fully saturated rings. The maximum Gasteiger partial charge on any atom is 0.222 e. The first kappa shape index (κ1) is 11.6. The van der Waals surface area contributed by atoms with Crippen LogP contribution in [0.2, 0.25) is 0 Å². The van der Waals surface area contributed by atoms with Crippen LogP contribution in [0.4, 0.5) is 0 Å². The second kappa shape index (κ2) is 6.06. The lowest BCUT2D eigenvalue weighted by molar-refractivity contribution is -0.205. The smallest absolute Gasteiger partial charge is 0.222 e. The first-order valence-electron chi connectivity index (χ1n) is 5.51. The Morgan fingerprint density at radius 1 is 1.21 bits per heavy atom. The minimum absolute atomic E-state index is 0.268. The Morgan fingerprint density at radius 2 is 1.86 bits per heavy atom. The SMILES string of the molecule is CCCCC#CC1O[C@H](C)C[C@@H](C)O1. The van der Waals surface area contributed by atoms with Gasteiger partial charge < -0.3 is 9.47 Å². The van der Waals surface area contributed by atoms with Crippen LogP contribution < -0.4 is 0 Å². The molecule has 1 aliphatic heterocycles. The fraction of sp³-hybridized carbons (Fsp3) is 0.833. The summed E-state index contributed by atoms with van der Waals surface area (Å²) >= 11 is 0. The van der Waals surface area contributed by atoms with Crippen molar-refractivity contribution in [1.82, 2.24) is 0 Å². The summed E-state index contributed by atoms with van der Waals surface area (Å²) in [5, 5.41) is 0. The monoisotopic (exact) mass is 196 g/mol. The number of rotatable bonds is 2. The topological polar surface area (TPSA) is 18.5 Å². The van der Waals surface area contributed by atoms with Gasteiger partial charge in [-0.25, -0.2) is 0 Å². The minimum atomic E-state index is -0.300. The summed E-state index contributed by atoms with van der Waals surface area (Å²) in [4.78, 5) is 0. The predicted octanol–water partition coefficient (Wildman–Crippen LogP) is 2.72. The van der Waals surface area contributed by atoms with Crippen LogP contribution in [0.25, 0.3) is 0 Å². The van der Waals surface area contributed by atoms with Crippen molar-refractivity contribution in [3.05, 3.63) is 0 Å². The van der Waals surface area contributed by atoms with E-state index in [-0.39, 0.29) is 18.5 Å². The zero-order valence-electron chi connectivity index (χ0n) is 9.38. The van der Waals surface area contributed by atoms with E-state index in [0.717, 1.165) is 19.3 Å². The molecule has 1 rings (SSSR count). The molecule has 2 atom stereocenters. The fourth-order valence-electron chi connectivity index (χ4n) is 1.52. The summed E-state index contributed by atoms with van der Waals surface area (Å²) in [6.45, 7) is 6.30. The first-order chi connectivity index (χ1) is 6.72. The molecule has 0 aromatic carbocycles. The number of ether oxygens (including phenoxy) is 2. The number of unbranched alkanes of at least 4 members (excludes halogenated alkanes) is 2. The predicted molar refractivity (Wildman–Crippen MR) is 56.8 cm³/mol. The molecule has 0 saturated carbocycles. The van der Waals surface area contributed by atoms with Crippen molar-refractivity contribution in [2.75, 3.05) is 0 Å². The highest BCUT2D eigenvalue weighted by Crippen LogP contribution is 2.17. The lowest BCUT2D eigenvalue weighted by atomic mass is 10.2. The van der Waals surface area contributed by atoms with Gasteiger partial charge in [-0.1, -0.05) is 19.3 Å². The highest BCUT2D eigenvalue weighted by atomic mass is 16.7. The van der Waals surface area contributed by atoms with Gasteiger partial charge in [0, 0.05) is 6.42 Å². The molecule has 0 N–H and O–H groups in total. The summed E-state index contributed by atoms with van der Waals surface area (Å²) in [5.41, 5.74) is 0. The zero-order valence-corrected chi connectivity index (χ0v) is 9.38. The van der Waals surface area contributed by atoms with Gasteiger partial charge in [0.1, 0.15) is 0 Å². The molecule has 0 radical (unpaired) electrons. The Balaban J connectivity index is 2.31. The number of hydrogen-bond acceptors (Lipinski definition) is 2. The van der Waals surface area contributed by atoms with Crippen LogP contribution in [0.3, 0.4) is 0 Å². The van der Waals surface area contributed by atoms with Gasteiger partial charge in [-0.05, 0) is 32.6 Å². The van der Waals surface area contributed by atoms with Crippen LogP contribution >= 0.6 is 0 Å². The van der Waals surface area contributed by atoms with E-state index in [1.54, 1.807) is 0 Å². The van der Waals surface area contributed by atoms with E-state index < -0.39 is 0 Å². The fourth-order valence-corrected chi connectivity index (χ4v) is 1.52. The summed E-state index contributed by atoms with van der Waals surface area (Å²) in [6.07, 6.45) is 4.49. The highest BCUT2D eigenvalue weighted by Gasteiger charge is 2.22. The summed E-state index contributed by atoms with van der Waals surface area (Å²) < 4.78 is 11.1. The van der Waals surface area contributed by atoms with Crippen LogP contribution in [-0.4, -0.2) is 18.5 Å². The van der Waals surface area contributed by atoms with Crippen LogP contribution in [0.5, 0.6) is 0 Å². The minimum Gasteiger partial charge on any atom is -0.339 e. The van der Waals surface area contributed by atoms with Gasteiger partial charge >= 0.3 is 0 Å². The average Bonchev–Trinajstić information content (AvgIpc) is 2.11. The lowest BCUT2D eigenvalue weighted by Crippen LogP contribution is -2.34. The summed E-state index contributed by atoms with van der Waals surface area (Å²) in [7, 11) is 0. The second-order valence-electron chi connectivity index (χ2n) is 3.89. The van der Waals surface area contributed by atoms with Crippen molar-refractivity contribution in [3.8, 4) is 11.8 Å². The molecule has 0 aliphatic carbocycles. The second-order valence-corrected chi connectivity index (χ2v) is 3.89. The van der Waals surface area contributed by atoms with Crippen molar-refractivity contribution < 1.29 is 9.47 Å². The van der Waals surface area contributed by atoms with E-state index in [9.17, 15) is 0 Å². The quantitative estimate of drug-likeness (QED) is 0.499. The van der Waals surface area contributed by atoms with E-state index >= 15 is 0 Å². The molecular weight excluding hydrogens is 176 g/mol. The van der Waals surface area contributed by atoms with Gasteiger partial charge in [0.05, 0.1) is 12.2 Å². The highest BCUT2D eigenvalue weighted by molar-refractivity contribution is 5.03. The molecule has 80 valence electrons. The first-order valence-corrected chi connectivity index (χ1v) is 5.51.